The highest BCUT2D eigenvalue weighted by molar-refractivity contribution is 5.41. The average Bonchev–Trinajstić information content (AvgIpc) is 2.75. The molecule has 1 aliphatic heterocycles. The van der Waals surface area contributed by atoms with Crippen molar-refractivity contribution in [3.05, 3.63) is 24.3 Å². The summed E-state index contributed by atoms with van der Waals surface area (Å²) in [6, 6.07) is 3.87. The highest BCUT2D eigenvalue weighted by Crippen LogP contribution is 2.19. The number of rotatable bonds is 4. The Kier molecular flexibility index (Phi) is 3.94. The molecule has 0 aromatic carbocycles. The largest absolute Gasteiger partial charge is 0.385 e. The van der Waals surface area contributed by atoms with Crippen molar-refractivity contribution in [3.8, 4) is 0 Å². The van der Waals surface area contributed by atoms with E-state index in [2.05, 4.69) is 29.0 Å². The molecule has 1 aromatic heterocycles. The monoisotopic (exact) mass is 237 g/mol. The lowest BCUT2D eigenvalue weighted by Gasteiger charge is -2.20. The second kappa shape index (κ2) is 5.45. The molecule has 2 rings (SSSR count). The molecular weight excluding hydrogens is 217 g/mol. The van der Waals surface area contributed by atoms with Gasteiger partial charge in [0.1, 0.15) is 0 Å². The third-order valence-corrected chi connectivity index (χ3v) is 3.37. The van der Waals surface area contributed by atoms with E-state index in [0.717, 1.165) is 18.8 Å². The molecule has 0 spiro atoms. The Bertz CT molecular complexity index is 367. The van der Waals surface area contributed by atoms with Gasteiger partial charge in [-0.15, -0.1) is 0 Å². The van der Waals surface area contributed by atoms with Gasteiger partial charge in [0.05, 0.1) is 0 Å². The first-order chi connectivity index (χ1) is 8.15. The van der Waals surface area contributed by atoms with Crippen LogP contribution in [-0.4, -0.2) is 35.6 Å². The molecule has 0 bridgehead atoms. The fraction of sp³-hybridized carbons (Fsp3) is 0.615. The van der Waals surface area contributed by atoms with Gasteiger partial charge in [0.15, 0.2) is 0 Å². The quantitative estimate of drug-likeness (QED) is 0.815. The first-order valence-corrected chi connectivity index (χ1v) is 6.24. The number of likely N-dealkylation sites (tertiary alicyclic amines) is 1. The van der Waals surface area contributed by atoms with Crippen LogP contribution in [0, 0.1) is 11.9 Å². The van der Waals surface area contributed by atoms with E-state index in [1.54, 1.807) is 6.07 Å². The van der Waals surface area contributed by atoms with Crippen molar-refractivity contribution < 1.29 is 4.39 Å². The molecule has 94 valence electrons. The Hall–Kier alpha value is -1.16. The standard InChI is InChI=1S/C13H20FN3/c1-10(2)17-6-4-11(9-17)8-16-12-3-5-15-13(14)7-12/h3,5,7,10-11H,4,6,8-9H2,1-2H3,(H,15,16). The lowest BCUT2D eigenvalue weighted by molar-refractivity contribution is 0.266. The van der Waals surface area contributed by atoms with Gasteiger partial charge in [-0.3, -0.25) is 0 Å². The van der Waals surface area contributed by atoms with Crippen LogP contribution < -0.4 is 5.32 Å². The zero-order valence-corrected chi connectivity index (χ0v) is 10.5. The van der Waals surface area contributed by atoms with Crippen molar-refractivity contribution in [2.75, 3.05) is 25.0 Å². The number of aromatic nitrogens is 1. The molecule has 0 radical (unpaired) electrons. The number of halogens is 1. The summed E-state index contributed by atoms with van der Waals surface area (Å²) in [7, 11) is 0. The van der Waals surface area contributed by atoms with Crippen molar-refractivity contribution in [1.29, 1.82) is 0 Å². The van der Waals surface area contributed by atoms with Crippen LogP contribution in [-0.2, 0) is 0 Å². The summed E-state index contributed by atoms with van der Waals surface area (Å²) in [5.41, 5.74) is 0.820. The van der Waals surface area contributed by atoms with E-state index in [-0.39, 0.29) is 0 Å². The number of anilines is 1. The maximum Gasteiger partial charge on any atom is 0.214 e. The maximum atomic E-state index is 12.9. The minimum absolute atomic E-state index is 0.426. The number of pyridine rings is 1. The van der Waals surface area contributed by atoms with Crippen LogP contribution in [0.4, 0.5) is 10.1 Å². The maximum absolute atomic E-state index is 12.9. The average molecular weight is 237 g/mol. The van der Waals surface area contributed by atoms with Gasteiger partial charge in [-0.05, 0) is 38.8 Å². The molecule has 0 amide bonds. The first kappa shape index (κ1) is 12.3. The predicted octanol–water partition coefficient (Wildman–Crippen LogP) is 2.36. The van der Waals surface area contributed by atoms with Crippen LogP contribution in [0.2, 0.25) is 0 Å². The molecule has 0 saturated carbocycles. The second-order valence-corrected chi connectivity index (χ2v) is 4.99. The molecule has 1 saturated heterocycles. The molecule has 1 atom stereocenters. The smallest absolute Gasteiger partial charge is 0.214 e. The van der Waals surface area contributed by atoms with E-state index >= 15 is 0 Å². The fourth-order valence-corrected chi connectivity index (χ4v) is 2.27. The van der Waals surface area contributed by atoms with Gasteiger partial charge >= 0.3 is 0 Å². The molecule has 2 heterocycles. The van der Waals surface area contributed by atoms with E-state index in [4.69, 9.17) is 0 Å². The fourth-order valence-electron chi connectivity index (χ4n) is 2.27. The molecule has 1 unspecified atom stereocenters. The SMILES string of the molecule is CC(C)N1CCC(CNc2ccnc(F)c2)C1. The molecule has 1 aromatic rings. The van der Waals surface area contributed by atoms with E-state index in [1.807, 2.05) is 0 Å². The zero-order valence-electron chi connectivity index (χ0n) is 10.5. The van der Waals surface area contributed by atoms with Gasteiger partial charge in [0, 0.05) is 37.1 Å². The topological polar surface area (TPSA) is 28.2 Å². The Labute approximate surface area is 102 Å². The van der Waals surface area contributed by atoms with Gasteiger partial charge < -0.3 is 10.2 Å². The van der Waals surface area contributed by atoms with E-state index in [0.29, 0.717) is 12.0 Å². The lowest BCUT2D eigenvalue weighted by atomic mass is 10.1. The number of nitrogens with one attached hydrogen (secondary N) is 1. The summed E-state index contributed by atoms with van der Waals surface area (Å²) in [5.74, 6) is 0.235. The molecular formula is C13H20FN3. The van der Waals surface area contributed by atoms with Crippen LogP contribution in [0.25, 0.3) is 0 Å². The Morgan fingerprint density at radius 2 is 2.41 bits per heavy atom. The normalized spacial score (nSPS) is 21.1. The Morgan fingerprint density at radius 1 is 1.59 bits per heavy atom. The van der Waals surface area contributed by atoms with E-state index < -0.39 is 5.95 Å². The van der Waals surface area contributed by atoms with Crippen LogP contribution in [0.1, 0.15) is 20.3 Å². The molecule has 1 aliphatic rings. The molecule has 17 heavy (non-hydrogen) atoms. The van der Waals surface area contributed by atoms with Gasteiger partial charge in [-0.2, -0.15) is 4.39 Å². The Balaban J connectivity index is 1.80. The number of hydrogen-bond acceptors (Lipinski definition) is 3. The molecule has 1 N–H and O–H groups in total. The van der Waals surface area contributed by atoms with Crippen LogP contribution in [0.15, 0.2) is 18.3 Å². The predicted molar refractivity (Wildman–Crippen MR) is 67.5 cm³/mol. The van der Waals surface area contributed by atoms with Gasteiger partial charge in [-0.1, -0.05) is 0 Å². The summed E-state index contributed by atoms with van der Waals surface area (Å²) in [5, 5.41) is 3.28. The van der Waals surface area contributed by atoms with Gasteiger partial charge in [-0.25, -0.2) is 4.98 Å². The van der Waals surface area contributed by atoms with Crippen molar-refractivity contribution in [1.82, 2.24) is 9.88 Å². The van der Waals surface area contributed by atoms with Crippen molar-refractivity contribution in [2.45, 2.75) is 26.3 Å². The summed E-state index contributed by atoms with van der Waals surface area (Å²) < 4.78 is 12.9. The molecule has 4 heteroatoms. The van der Waals surface area contributed by atoms with Crippen molar-refractivity contribution >= 4 is 5.69 Å². The minimum Gasteiger partial charge on any atom is -0.385 e. The molecule has 3 nitrogen and oxygen atoms in total. The van der Waals surface area contributed by atoms with E-state index in [1.165, 1.54) is 25.2 Å². The van der Waals surface area contributed by atoms with Crippen molar-refractivity contribution in [2.24, 2.45) is 5.92 Å². The van der Waals surface area contributed by atoms with E-state index in [9.17, 15) is 4.39 Å². The lowest BCUT2D eigenvalue weighted by Crippen LogP contribution is -2.29. The van der Waals surface area contributed by atoms with Crippen LogP contribution >= 0.6 is 0 Å². The summed E-state index contributed by atoms with van der Waals surface area (Å²) in [6.07, 6.45) is 2.71. The third kappa shape index (κ3) is 3.40. The van der Waals surface area contributed by atoms with Gasteiger partial charge in [0.25, 0.3) is 0 Å². The minimum atomic E-state index is -0.426. The number of hydrogen-bond donors (Lipinski definition) is 1. The van der Waals surface area contributed by atoms with Crippen LogP contribution in [0.5, 0.6) is 0 Å². The number of nitrogens with zero attached hydrogens (tertiary/aromatic N) is 2. The van der Waals surface area contributed by atoms with Crippen molar-refractivity contribution in [3.63, 3.8) is 0 Å². The highest BCUT2D eigenvalue weighted by Gasteiger charge is 2.23. The second-order valence-electron chi connectivity index (χ2n) is 4.99. The summed E-state index contributed by atoms with van der Waals surface area (Å²) >= 11 is 0. The summed E-state index contributed by atoms with van der Waals surface area (Å²) in [6.45, 7) is 7.68. The first-order valence-electron chi connectivity index (χ1n) is 6.24. The van der Waals surface area contributed by atoms with Gasteiger partial charge in [0.2, 0.25) is 5.95 Å². The third-order valence-electron chi connectivity index (χ3n) is 3.37. The summed E-state index contributed by atoms with van der Waals surface area (Å²) in [4.78, 5) is 6.03. The zero-order chi connectivity index (χ0) is 12.3. The molecule has 0 aliphatic carbocycles. The highest BCUT2D eigenvalue weighted by atomic mass is 19.1. The molecule has 1 fully saturated rings. The van der Waals surface area contributed by atoms with Crippen LogP contribution in [0.3, 0.4) is 0 Å². The Morgan fingerprint density at radius 3 is 3.06 bits per heavy atom.